The molecule has 5 nitrogen and oxygen atoms in total. The summed E-state index contributed by atoms with van der Waals surface area (Å²) < 4.78 is 10.7. The number of fused-ring (bicyclic) bond motifs is 1. The molecular formula is C21H29N2O3+. The molecule has 140 valence electrons. The third-order valence-electron chi connectivity index (χ3n) is 7.12. The van der Waals surface area contributed by atoms with Crippen LogP contribution in [-0.2, 0) is 4.79 Å². The monoisotopic (exact) mass is 357 g/mol. The number of carbonyl (C=O) groups is 1. The molecule has 4 aliphatic carbocycles. The highest BCUT2D eigenvalue weighted by molar-refractivity contribution is 5.93. The summed E-state index contributed by atoms with van der Waals surface area (Å²) >= 11 is 0. The van der Waals surface area contributed by atoms with E-state index in [1.54, 1.807) is 0 Å². The first kappa shape index (κ1) is 16.4. The number of carbonyl (C=O) groups excluding carboxylic acids is 1. The third kappa shape index (κ3) is 2.96. The Morgan fingerprint density at radius 1 is 1.15 bits per heavy atom. The van der Waals surface area contributed by atoms with Crippen molar-refractivity contribution in [2.45, 2.75) is 51.5 Å². The first-order chi connectivity index (χ1) is 12.6. The third-order valence-corrected chi connectivity index (χ3v) is 7.12. The second-order valence-electron chi connectivity index (χ2n) is 9.20. The van der Waals surface area contributed by atoms with Crippen LogP contribution < -0.4 is 20.1 Å². The maximum absolute atomic E-state index is 12.6. The fraction of sp³-hybridized carbons (Fsp3) is 0.667. The number of quaternary nitrogens is 1. The minimum atomic E-state index is -0.0755. The van der Waals surface area contributed by atoms with Gasteiger partial charge in [-0.3, -0.25) is 4.79 Å². The van der Waals surface area contributed by atoms with Crippen molar-refractivity contribution in [3.8, 4) is 11.5 Å². The maximum atomic E-state index is 12.6. The number of ether oxygens (including phenoxy) is 2. The van der Waals surface area contributed by atoms with Gasteiger partial charge in [-0.05, 0) is 75.3 Å². The van der Waals surface area contributed by atoms with E-state index in [1.807, 2.05) is 25.1 Å². The van der Waals surface area contributed by atoms with Crippen LogP contribution in [0.25, 0.3) is 0 Å². The van der Waals surface area contributed by atoms with E-state index in [1.165, 1.54) is 38.5 Å². The molecular weight excluding hydrogens is 328 g/mol. The number of hydrogen-bond acceptors (Lipinski definition) is 3. The molecule has 0 aromatic heterocycles. The Hall–Kier alpha value is -1.75. The van der Waals surface area contributed by atoms with Crippen LogP contribution in [0.4, 0.5) is 5.69 Å². The lowest BCUT2D eigenvalue weighted by atomic mass is 9.49. The molecule has 1 heterocycles. The number of rotatable bonds is 5. The van der Waals surface area contributed by atoms with E-state index in [0.717, 1.165) is 35.7 Å². The van der Waals surface area contributed by atoms with Crippen LogP contribution in [-0.4, -0.2) is 25.3 Å². The largest absolute Gasteiger partial charge is 0.454 e. The van der Waals surface area contributed by atoms with Gasteiger partial charge in [-0.1, -0.05) is 0 Å². The molecule has 4 saturated carbocycles. The molecule has 26 heavy (non-hydrogen) atoms. The summed E-state index contributed by atoms with van der Waals surface area (Å²) in [5, 5.41) is 5.30. The molecule has 4 fully saturated rings. The van der Waals surface area contributed by atoms with Crippen molar-refractivity contribution >= 4 is 11.6 Å². The Morgan fingerprint density at radius 2 is 1.81 bits per heavy atom. The van der Waals surface area contributed by atoms with Gasteiger partial charge < -0.3 is 20.1 Å². The average Bonchev–Trinajstić information content (AvgIpc) is 3.06. The quantitative estimate of drug-likeness (QED) is 0.851. The molecule has 6 rings (SSSR count). The zero-order valence-electron chi connectivity index (χ0n) is 15.5. The first-order valence-corrected chi connectivity index (χ1v) is 10.1. The van der Waals surface area contributed by atoms with Gasteiger partial charge in [-0.15, -0.1) is 0 Å². The van der Waals surface area contributed by atoms with Crippen molar-refractivity contribution in [1.29, 1.82) is 0 Å². The number of hydrogen-bond donors (Lipinski definition) is 2. The minimum absolute atomic E-state index is 0.0635. The van der Waals surface area contributed by atoms with E-state index in [2.05, 4.69) is 10.6 Å². The zero-order chi connectivity index (χ0) is 17.7. The van der Waals surface area contributed by atoms with Crippen LogP contribution in [0.15, 0.2) is 18.2 Å². The molecule has 1 aromatic carbocycles. The Morgan fingerprint density at radius 3 is 2.50 bits per heavy atom. The van der Waals surface area contributed by atoms with Crippen molar-refractivity contribution in [3.05, 3.63) is 18.2 Å². The SMILES string of the molecule is C[C@H]([NH2+]CC12CC3CC(CC(C3)C1)C2)C(=O)Nc1ccc2c(c1)OCO2. The van der Waals surface area contributed by atoms with Crippen LogP contribution in [0.5, 0.6) is 11.5 Å². The summed E-state index contributed by atoms with van der Waals surface area (Å²) in [7, 11) is 0. The lowest BCUT2D eigenvalue weighted by molar-refractivity contribution is -0.686. The molecule has 0 radical (unpaired) electrons. The van der Waals surface area contributed by atoms with Gasteiger partial charge in [0.2, 0.25) is 6.79 Å². The predicted molar refractivity (Wildman–Crippen MR) is 98.1 cm³/mol. The summed E-state index contributed by atoms with van der Waals surface area (Å²) in [6, 6.07) is 5.48. The number of amides is 1. The van der Waals surface area contributed by atoms with Crippen LogP contribution in [0.3, 0.4) is 0 Å². The second-order valence-corrected chi connectivity index (χ2v) is 9.20. The van der Waals surface area contributed by atoms with Gasteiger partial charge >= 0.3 is 0 Å². The molecule has 0 saturated heterocycles. The summed E-state index contributed by atoms with van der Waals surface area (Å²) in [5.41, 5.74) is 1.27. The minimum Gasteiger partial charge on any atom is -0.454 e. The van der Waals surface area contributed by atoms with Crippen molar-refractivity contribution in [3.63, 3.8) is 0 Å². The number of anilines is 1. The molecule has 3 N–H and O–H groups in total. The molecule has 0 unspecified atom stereocenters. The van der Waals surface area contributed by atoms with Crippen LogP contribution in [0, 0.1) is 23.2 Å². The molecule has 0 spiro atoms. The fourth-order valence-electron chi connectivity index (χ4n) is 6.30. The van der Waals surface area contributed by atoms with Gasteiger partial charge in [0.15, 0.2) is 17.5 Å². The molecule has 5 heteroatoms. The highest BCUT2D eigenvalue weighted by Crippen LogP contribution is 2.59. The topological polar surface area (TPSA) is 64.2 Å². The van der Waals surface area contributed by atoms with Crippen LogP contribution in [0.2, 0.25) is 0 Å². The van der Waals surface area contributed by atoms with Gasteiger partial charge in [0.05, 0.1) is 6.54 Å². The Labute approximate surface area is 154 Å². The van der Waals surface area contributed by atoms with E-state index in [4.69, 9.17) is 9.47 Å². The second kappa shape index (κ2) is 6.15. The Bertz CT molecular complexity index is 682. The highest BCUT2D eigenvalue weighted by atomic mass is 16.7. The van der Waals surface area contributed by atoms with Gasteiger partial charge in [0.1, 0.15) is 0 Å². The number of nitrogens with two attached hydrogens (primary N) is 1. The van der Waals surface area contributed by atoms with E-state index < -0.39 is 0 Å². The standard InChI is InChI=1S/C21H28N2O3/c1-13(20(24)23-17-2-3-18-19(7-17)26-12-25-18)22-11-21-8-14-4-15(9-21)6-16(5-14)10-21/h2-3,7,13-16,22H,4-6,8-12H2,1H3,(H,23,24)/p+1/t13-,14?,15?,16?,21?/m0/s1. The number of nitrogens with one attached hydrogen (secondary N) is 1. The Balaban J connectivity index is 1.18. The van der Waals surface area contributed by atoms with Gasteiger partial charge in [0, 0.05) is 17.2 Å². The smallest absolute Gasteiger partial charge is 0.282 e. The van der Waals surface area contributed by atoms with Crippen LogP contribution >= 0.6 is 0 Å². The maximum Gasteiger partial charge on any atom is 0.282 e. The van der Waals surface area contributed by atoms with Crippen molar-refractivity contribution < 1.29 is 19.6 Å². The Kier molecular flexibility index (Phi) is 3.89. The van der Waals surface area contributed by atoms with E-state index >= 15 is 0 Å². The van der Waals surface area contributed by atoms with Gasteiger partial charge in [0.25, 0.3) is 5.91 Å². The van der Waals surface area contributed by atoms with E-state index in [0.29, 0.717) is 11.2 Å². The highest BCUT2D eigenvalue weighted by Gasteiger charge is 2.51. The van der Waals surface area contributed by atoms with Crippen molar-refractivity contribution in [1.82, 2.24) is 0 Å². The molecule has 1 aliphatic heterocycles. The van der Waals surface area contributed by atoms with Gasteiger partial charge in [-0.25, -0.2) is 0 Å². The molecule has 4 bridgehead atoms. The lowest BCUT2D eigenvalue weighted by Gasteiger charge is -2.56. The summed E-state index contributed by atoms with van der Waals surface area (Å²) in [5.74, 6) is 4.40. The first-order valence-electron chi connectivity index (χ1n) is 10.1. The van der Waals surface area contributed by atoms with Crippen molar-refractivity contribution in [2.75, 3.05) is 18.7 Å². The molecule has 5 aliphatic rings. The van der Waals surface area contributed by atoms with E-state index in [-0.39, 0.29) is 18.7 Å². The molecule has 1 aromatic rings. The van der Waals surface area contributed by atoms with Gasteiger partial charge in [-0.2, -0.15) is 0 Å². The molecule has 1 atom stereocenters. The average molecular weight is 357 g/mol. The van der Waals surface area contributed by atoms with Crippen LogP contribution in [0.1, 0.15) is 45.4 Å². The normalized spacial score (nSPS) is 34.7. The van der Waals surface area contributed by atoms with E-state index in [9.17, 15) is 4.79 Å². The number of benzene rings is 1. The zero-order valence-corrected chi connectivity index (χ0v) is 15.5. The fourth-order valence-corrected chi connectivity index (χ4v) is 6.30. The lowest BCUT2D eigenvalue weighted by Crippen LogP contribution is -2.94. The predicted octanol–water partition coefficient (Wildman–Crippen LogP) is 2.52. The summed E-state index contributed by atoms with van der Waals surface area (Å²) in [6.07, 6.45) is 8.60. The molecule has 1 amide bonds. The summed E-state index contributed by atoms with van der Waals surface area (Å²) in [4.78, 5) is 12.6. The van der Waals surface area contributed by atoms with Crippen molar-refractivity contribution in [2.24, 2.45) is 23.2 Å². The summed E-state index contributed by atoms with van der Waals surface area (Å²) in [6.45, 7) is 3.37.